The number of halogens is 1. The van der Waals surface area contributed by atoms with E-state index in [9.17, 15) is 9.18 Å². The molecule has 0 saturated carbocycles. The largest absolute Gasteiger partial charge is 0.491 e. The summed E-state index contributed by atoms with van der Waals surface area (Å²) in [7, 11) is 0. The van der Waals surface area contributed by atoms with Crippen molar-refractivity contribution in [3.05, 3.63) is 29.3 Å². The Morgan fingerprint density at radius 2 is 2.09 bits per heavy atom. The van der Waals surface area contributed by atoms with Crippen LogP contribution in [0, 0.1) is 0 Å². The maximum Gasteiger partial charge on any atom is 0.320 e. The molecule has 1 atom stereocenters. The average molecular weight is 311 g/mol. The third kappa shape index (κ3) is 6.43. The molecule has 0 aliphatic carbocycles. The highest BCUT2D eigenvalue weighted by molar-refractivity contribution is 5.73. The number of nitrogens with two attached hydrogens (primary N) is 1. The number of unbranched alkanes of at least 4 members (excludes halogenated alkanes) is 3. The number of benzene rings is 1. The Balaban J connectivity index is 2.80. The lowest BCUT2D eigenvalue weighted by atomic mass is 9.96. The first-order valence-corrected chi connectivity index (χ1v) is 7.87. The summed E-state index contributed by atoms with van der Waals surface area (Å²) >= 11 is 0. The molecule has 0 spiro atoms. The van der Waals surface area contributed by atoms with Crippen LogP contribution in [-0.4, -0.2) is 30.4 Å². The molecule has 0 fully saturated rings. The molecule has 4 nitrogen and oxygen atoms in total. The molecule has 124 valence electrons. The van der Waals surface area contributed by atoms with Crippen molar-refractivity contribution < 1.29 is 19.0 Å². The molecule has 0 aromatic heterocycles. The molecule has 0 aliphatic rings. The molecule has 3 N–H and O–H groups in total. The molecule has 5 heteroatoms. The summed E-state index contributed by atoms with van der Waals surface area (Å²) in [6, 6.07) is 4.59. The van der Waals surface area contributed by atoms with Crippen LogP contribution in [0.2, 0.25) is 0 Å². The second-order valence-corrected chi connectivity index (χ2v) is 5.43. The second kappa shape index (κ2) is 10.2. The lowest BCUT2D eigenvalue weighted by Gasteiger charge is -2.14. The zero-order valence-corrected chi connectivity index (χ0v) is 13.2. The van der Waals surface area contributed by atoms with Gasteiger partial charge in [-0.2, -0.15) is 0 Å². The Morgan fingerprint density at radius 1 is 1.32 bits per heavy atom. The zero-order valence-electron chi connectivity index (χ0n) is 13.2. The van der Waals surface area contributed by atoms with E-state index in [2.05, 4.69) is 6.92 Å². The number of carboxylic acid groups (broad SMARTS) is 1. The Hall–Kier alpha value is -1.62. The number of aliphatic carboxylic acids is 1. The molecule has 1 rings (SSSR count). The van der Waals surface area contributed by atoms with Gasteiger partial charge in [0.15, 0.2) is 0 Å². The quantitative estimate of drug-likeness (QED) is 0.616. The van der Waals surface area contributed by atoms with Crippen LogP contribution in [0.25, 0.3) is 0 Å². The van der Waals surface area contributed by atoms with Gasteiger partial charge in [0.1, 0.15) is 25.1 Å². The number of hydrogen-bond acceptors (Lipinski definition) is 3. The fraction of sp³-hybridized carbons (Fsp3) is 0.588. The number of hydrogen-bond donors (Lipinski definition) is 2. The summed E-state index contributed by atoms with van der Waals surface area (Å²) in [5.74, 6) is -0.463. The fourth-order valence-corrected chi connectivity index (χ4v) is 2.35. The number of ether oxygens (including phenoxy) is 1. The summed E-state index contributed by atoms with van der Waals surface area (Å²) in [6.07, 6.45) is 5.74. The first-order valence-electron chi connectivity index (χ1n) is 7.87. The summed E-state index contributed by atoms with van der Waals surface area (Å²) in [4.78, 5) is 11.0. The van der Waals surface area contributed by atoms with Crippen LogP contribution in [0.5, 0.6) is 5.75 Å². The first-order chi connectivity index (χ1) is 10.6. The molecule has 1 aromatic rings. The van der Waals surface area contributed by atoms with Crippen molar-refractivity contribution >= 4 is 5.97 Å². The molecule has 22 heavy (non-hydrogen) atoms. The fourth-order valence-electron chi connectivity index (χ4n) is 2.35. The molecule has 0 saturated heterocycles. The van der Waals surface area contributed by atoms with Crippen molar-refractivity contribution in [3.63, 3.8) is 0 Å². The minimum Gasteiger partial charge on any atom is -0.491 e. The van der Waals surface area contributed by atoms with Gasteiger partial charge in [0.2, 0.25) is 0 Å². The van der Waals surface area contributed by atoms with Gasteiger partial charge in [-0.25, -0.2) is 4.39 Å². The van der Waals surface area contributed by atoms with E-state index < -0.39 is 18.7 Å². The third-order valence-electron chi connectivity index (χ3n) is 3.58. The highest BCUT2D eigenvalue weighted by Crippen LogP contribution is 2.21. The van der Waals surface area contributed by atoms with Gasteiger partial charge in [0, 0.05) is 0 Å². The van der Waals surface area contributed by atoms with E-state index in [1.807, 2.05) is 6.07 Å². The van der Waals surface area contributed by atoms with Crippen molar-refractivity contribution in [1.82, 2.24) is 0 Å². The Morgan fingerprint density at radius 3 is 2.73 bits per heavy atom. The zero-order chi connectivity index (χ0) is 16.4. The molecule has 0 radical (unpaired) electrons. The van der Waals surface area contributed by atoms with E-state index in [-0.39, 0.29) is 13.0 Å². The Labute approximate surface area is 131 Å². The maximum atomic E-state index is 12.2. The Bertz CT molecular complexity index is 465. The number of rotatable bonds is 11. The molecular formula is C17H26FNO3. The van der Waals surface area contributed by atoms with E-state index in [1.54, 1.807) is 12.1 Å². The average Bonchev–Trinajstić information content (AvgIpc) is 2.50. The maximum absolute atomic E-state index is 12.2. The normalized spacial score (nSPS) is 12.1. The molecule has 0 aliphatic heterocycles. The summed E-state index contributed by atoms with van der Waals surface area (Å²) < 4.78 is 17.5. The van der Waals surface area contributed by atoms with Crippen LogP contribution < -0.4 is 10.5 Å². The summed E-state index contributed by atoms with van der Waals surface area (Å²) in [5.41, 5.74) is 7.62. The highest BCUT2D eigenvalue weighted by atomic mass is 19.1. The second-order valence-electron chi connectivity index (χ2n) is 5.43. The summed E-state index contributed by atoms with van der Waals surface area (Å²) in [5, 5.41) is 8.99. The van der Waals surface area contributed by atoms with E-state index in [0.29, 0.717) is 5.75 Å². The number of carbonyl (C=O) groups is 1. The Kier molecular flexibility index (Phi) is 8.51. The SMILES string of the molecule is CCCCCCc1ccc(OCCF)cc1CC(N)C(=O)O. The molecule has 0 amide bonds. The minimum atomic E-state index is -1.02. The van der Waals surface area contributed by atoms with Gasteiger partial charge in [0.25, 0.3) is 0 Å². The molecule has 0 heterocycles. The highest BCUT2D eigenvalue weighted by Gasteiger charge is 2.15. The summed E-state index contributed by atoms with van der Waals surface area (Å²) in [6.45, 7) is 1.61. The van der Waals surface area contributed by atoms with E-state index >= 15 is 0 Å². The third-order valence-corrected chi connectivity index (χ3v) is 3.58. The molecular weight excluding hydrogens is 285 g/mol. The van der Waals surface area contributed by atoms with E-state index in [4.69, 9.17) is 15.6 Å². The standard InChI is InChI=1S/C17H26FNO3/c1-2-3-4-5-6-13-7-8-15(22-10-9-18)11-14(13)12-16(19)17(20)21/h7-8,11,16H,2-6,9-10,12,19H2,1H3,(H,20,21). The predicted molar refractivity (Wildman–Crippen MR) is 85.1 cm³/mol. The smallest absolute Gasteiger partial charge is 0.320 e. The first kappa shape index (κ1) is 18.4. The van der Waals surface area contributed by atoms with Gasteiger partial charge in [0.05, 0.1) is 0 Å². The molecule has 1 unspecified atom stereocenters. The number of alkyl halides is 1. The van der Waals surface area contributed by atoms with Crippen molar-refractivity contribution in [1.29, 1.82) is 0 Å². The van der Waals surface area contributed by atoms with Gasteiger partial charge in [-0.15, -0.1) is 0 Å². The van der Waals surface area contributed by atoms with Crippen molar-refractivity contribution in [3.8, 4) is 5.75 Å². The number of carboxylic acids is 1. The van der Waals surface area contributed by atoms with Crippen molar-refractivity contribution in [2.24, 2.45) is 5.73 Å². The minimum absolute atomic E-state index is 0.000269. The van der Waals surface area contributed by atoms with Crippen LogP contribution in [0.4, 0.5) is 4.39 Å². The van der Waals surface area contributed by atoms with Gasteiger partial charge in [-0.3, -0.25) is 4.79 Å². The van der Waals surface area contributed by atoms with Gasteiger partial charge < -0.3 is 15.6 Å². The van der Waals surface area contributed by atoms with E-state index in [1.165, 1.54) is 12.8 Å². The topological polar surface area (TPSA) is 72.5 Å². The van der Waals surface area contributed by atoms with Crippen LogP contribution in [0.1, 0.15) is 43.7 Å². The van der Waals surface area contributed by atoms with E-state index in [0.717, 1.165) is 30.4 Å². The van der Waals surface area contributed by atoms with Crippen LogP contribution >= 0.6 is 0 Å². The number of aryl methyl sites for hydroxylation is 1. The van der Waals surface area contributed by atoms with Crippen LogP contribution in [0.3, 0.4) is 0 Å². The molecule has 0 bridgehead atoms. The monoisotopic (exact) mass is 311 g/mol. The molecule has 1 aromatic carbocycles. The van der Waals surface area contributed by atoms with Crippen LogP contribution in [0.15, 0.2) is 18.2 Å². The lowest BCUT2D eigenvalue weighted by molar-refractivity contribution is -0.138. The lowest BCUT2D eigenvalue weighted by Crippen LogP contribution is -2.32. The van der Waals surface area contributed by atoms with Crippen LogP contribution in [-0.2, 0) is 17.6 Å². The van der Waals surface area contributed by atoms with Gasteiger partial charge in [-0.1, -0.05) is 32.3 Å². The van der Waals surface area contributed by atoms with Crippen molar-refractivity contribution in [2.45, 2.75) is 51.5 Å². The van der Waals surface area contributed by atoms with Gasteiger partial charge in [-0.05, 0) is 42.5 Å². The van der Waals surface area contributed by atoms with Crippen molar-refractivity contribution in [2.75, 3.05) is 13.3 Å². The van der Waals surface area contributed by atoms with Gasteiger partial charge >= 0.3 is 5.97 Å². The predicted octanol–water partition coefficient (Wildman–Crippen LogP) is 3.11.